The molecule has 3 aromatic heterocycles. The standard InChI is InChI=1S/C50H36N4/c1-5-15-43-39(11-1)40-12-2-6-16-44(40)53(43)37-25-21-33(22-26-37)35-29-49-50-30-36(32-52(50)48-20-10-9-19-47(48)51(49)31-35)34-23-27-38(28-24-34)54-45-17-7-3-13-41(45)42-14-4-8-18-46(42)54/h1-29,31,36,50H,30,32H2. The summed E-state index contributed by atoms with van der Waals surface area (Å²) >= 11 is 0. The monoisotopic (exact) mass is 692 g/mol. The summed E-state index contributed by atoms with van der Waals surface area (Å²) in [7, 11) is 0. The molecule has 5 heterocycles. The lowest BCUT2D eigenvalue weighted by molar-refractivity contribution is 0.639. The Labute approximate surface area is 313 Å². The van der Waals surface area contributed by atoms with E-state index in [0.717, 1.165) is 13.0 Å². The Morgan fingerprint density at radius 3 is 1.43 bits per heavy atom. The first kappa shape index (κ1) is 29.8. The summed E-state index contributed by atoms with van der Waals surface area (Å²) in [5.74, 6) is 0.436. The summed E-state index contributed by atoms with van der Waals surface area (Å²) in [4.78, 5) is 2.66. The number of nitrogens with zero attached hydrogens (tertiary/aromatic N) is 4. The van der Waals surface area contributed by atoms with E-state index in [4.69, 9.17) is 0 Å². The maximum Gasteiger partial charge on any atom is 0.0705 e. The quantitative estimate of drug-likeness (QED) is 0.180. The third-order valence-corrected chi connectivity index (χ3v) is 12.2. The fourth-order valence-corrected chi connectivity index (χ4v) is 9.74. The van der Waals surface area contributed by atoms with Crippen LogP contribution in [-0.4, -0.2) is 20.2 Å². The van der Waals surface area contributed by atoms with Crippen molar-refractivity contribution in [2.24, 2.45) is 0 Å². The van der Waals surface area contributed by atoms with Gasteiger partial charge in [-0.25, -0.2) is 0 Å². The maximum atomic E-state index is 2.66. The smallest absolute Gasteiger partial charge is 0.0705 e. The summed E-state index contributed by atoms with van der Waals surface area (Å²) in [5, 5.41) is 5.17. The van der Waals surface area contributed by atoms with Gasteiger partial charge in [0.25, 0.3) is 0 Å². The fraction of sp³-hybridized carbons (Fsp3) is 0.0800. The van der Waals surface area contributed by atoms with Gasteiger partial charge in [0.2, 0.25) is 0 Å². The van der Waals surface area contributed by atoms with Crippen molar-refractivity contribution in [1.82, 2.24) is 13.7 Å². The molecule has 2 aliphatic heterocycles. The molecule has 0 aliphatic carbocycles. The van der Waals surface area contributed by atoms with Crippen molar-refractivity contribution in [3.63, 3.8) is 0 Å². The Morgan fingerprint density at radius 1 is 0.426 bits per heavy atom. The van der Waals surface area contributed by atoms with Crippen molar-refractivity contribution < 1.29 is 0 Å². The molecule has 10 aromatic rings. The molecule has 1 fully saturated rings. The van der Waals surface area contributed by atoms with Crippen LogP contribution in [0.1, 0.15) is 29.6 Å². The van der Waals surface area contributed by atoms with Crippen molar-refractivity contribution in [2.75, 3.05) is 11.4 Å². The predicted octanol–water partition coefficient (Wildman–Crippen LogP) is 12.4. The first-order valence-corrected chi connectivity index (χ1v) is 19.0. The first-order valence-electron chi connectivity index (χ1n) is 19.0. The van der Waals surface area contributed by atoms with Crippen molar-refractivity contribution >= 4 is 49.3 Å². The molecule has 54 heavy (non-hydrogen) atoms. The van der Waals surface area contributed by atoms with Crippen LogP contribution in [0.15, 0.2) is 182 Å². The second-order valence-corrected chi connectivity index (χ2v) is 15.0. The summed E-state index contributed by atoms with van der Waals surface area (Å²) < 4.78 is 7.26. The minimum absolute atomic E-state index is 0.313. The fourth-order valence-electron chi connectivity index (χ4n) is 9.74. The van der Waals surface area contributed by atoms with Crippen LogP contribution in [0, 0.1) is 0 Å². The van der Waals surface area contributed by atoms with Crippen molar-refractivity contribution in [1.29, 1.82) is 0 Å². The number of hydrogen-bond donors (Lipinski definition) is 0. The van der Waals surface area contributed by atoms with Crippen molar-refractivity contribution in [3.05, 3.63) is 193 Å². The van der Waals surface area contributed by atoms with Gasteiger partial charge in [0, 0.05) is 62.8 Å². The molecule has 12 rings (SSSR count). The highest BCUT2D eigenvalue weighted by atomic mass is 15.3. The van der Waals surface area contributed by atoms with Crippen LogP contribution in [0.2, 0.25) is 0 Å². The Bertz CT molecular complexity index is 2960. The molecule has 4 nitrogen and oxygen atoms in total. The van der Waals surface area contributed by atoms with Crippen LogP contribution in [0.25, 0.3) is 71.8 Å². The van der Waals surface area contributed by atoms with Crippen LogP contribution < -0.4 is 4.90 Å². The van der Waals surface area contributed by atoms with E-state index in [1.54, 1.807) is 0 Å². The molecule has 0 amide bonds. The Morgan fingerprint density at radius 2 is 0.889 bits per heavy atom. The van der Waals surface area contributed by atoms with E-state index in [1.165, 1.54) is 88.7 Å². The predicted molar refractivity (Wildman–Crippen MR) is 224 cm³/mol. The molecular formula is C50H36N4. The van der Waals surface area contributed by atoms with E-state index in [9.17, 15) is 0 Å². The molecule has 0 bridgehead atoms. The third kappa shape index (κ3) is 4.25. The molecule has 0 N–H and O–H groups in total. The first-order chi connectivity index (χ1) is 26.8. The summed E-state index contributed by atoms with van der Waals surface area (Å²) in [6.45, 7) is 1.00. The number of fused-ring (bicyclic) bond motifs is 12. The average Bonchev–Trinajstić information content (AvgIpc) is 4.03. The lowest BCUT2D eigenvalue weighted by atomic mass is 9.94. The van der Waals surface area contributed by atoms with E-state index in [-0.39, 0.29) is 0 Å². The number of benzene rings is 7. The van der Waals surface area contributed by atoms with Crippen molar-refractivity contribution in [2.45, 2.75) is 18.4 Å². The lowest BCUT2D eigenvalue weighted by Gasteiger charge is -2.34. The number of aromatic nitrogens is 3. The lowest BCUT2D eigenvalue weighted by Crippen LogP contribution is -2.29. The molecule has 0 radical (unpaired) electrons. The normalized spacial score (nSPS) is 16.3. The molecule has 4 heteroatoms. The van der Waals surface area contributed by atoms with E-state index < -0.39 is 0 Å². The van der Waals surface area contributed by atoms with Gasteiger partial charge in [0.1, 0.15) is 0 Å². The zero-order chi connectivity index (χ0) is 35.3. The van der Waals surface area contributed by atoms with Crippen LogP contribution in [0.5, 0.6) is 0 Å². The van der Waals surface area contributed by atoms with E-state index in [0.29, 0.717) is 12.0 Å². The second kappa shape index (κ2) is 11.4. The zero-order valence-electron chi connectivity index (χ0n) is 29.7. The molecule has 2 atom stereocenters. The topological polar surface area (TPSA) is 18.0 Å². The van der Waals surface area contributed by atoms with Crippen LogP contribution >= 0.6 is 0 Å². The van der Waals surface area contributed by atoms with Gasteiger partial charge in [-0.1, -0.05) is 109 Å². The van der Waals surface area contributed by atoms with Crippen LogP contribution in [-0.2, 0) is 0 Å². The highest BCUT2D eigenvalue weighted by Gasteiger charge is 2.40. The minimum atomic E-state index is 0.313. The maximum absolute atomic E-state index is 2.66. The Hall–Kier alpha value is -6.78. The number of anilines is 1. The van der Waals surface area contributed by atoms with Gasteiger partial charge in [-0.2, -0.15) is 0 Å². The SMILES string of the molecule is c1ccc2c(c1)N1CC(c3ccc(-n4c5ccccc5c5ccccc54)cc3)CC1c1cc(-c3ccc(-n4c5ccccc5c5ccccc54)cc3)cn1-2. The largest absolute Gasteiger partial charge is 0.361 e. The Kier molecular flexibility index (Phi) is 6.26. The third-order valence-electron chi connectivity index (χ3n) is 12.2. The zero-order valence-corrected chi connectivity index (χ0v) is 29.7. The molecule has 1 saturated heterocycles. The molecule has 2 unspecified atom stereocenters. The van der Waals surface area contributed by atoms with E-state index in [1.807, 2.05) is 0 Å². The molecule has 2 aliphatic rings. The molecule has 0 saturated carbocycles. The van der Waals surface area contributed by atoms with Gasteiger partial charge in [-0.05, 0) is 84.3 Å². The summed E-state index contributed by atoms with van der Waals surface area (Å²) in [6.07, 6.45) is 3.44. The minimum Gasteiger partial charge on any atom is -0.361 e. The molecule has 7 aromatic carbocycles. The van der Waals surface area contributed by atoms with E-state index in [2.05, 4.69) is 201 Å². The second-order valence-electron chi connectivity index (χ2n) is 15.0. The number of para-hydroxylation sites is 6. The highest BCUT2D eigenvalue weighted by Crippen LogP contribution is 2.50. The molecule has 256 valence electrons. The van der Waals surface area contributed by atoms with Gasteiger partial charge >= 0.3 is 0 Å². The van der Waals surface area contributed by atoms with Crippen LogP contribution in [0.4, 0.5) is 5.69 Å². The van der Waals surface area contributed by atoms with Gasteiger partial charge in [0.05, 0.1) is 39.5 Å². The molecular weight excluding hydrogens is 657 g/mol. The number of rotatable bonds is 4. The van der Waals surface area contributed by atoms with Gasteiger partial charge < -0.3 is 18.6 Å². The Balaban J connectivity index is 0.887. The van der Waals surface area contributed by atoms with Gasteiger partial charge in [0.15, 0.2) is 0 Å². The summed E-state index contributed by atoms with van der Waals surface area (Å²) in [5.41, 5.74) is 15.2. The van der Waals surface area contributed by atoms with Gasteiger partial charge in [-0.15, -0.1) is 0 Å². The summed E-state index contributed by atoms with van der Waals surface area (Å²) in [6, 6.07) is 65.2. The van der Waals surface area contributed by atoms with Crippen molar-refractivity contribution in [3.8, 4) is 28.2 Å². The number of hydrogen-bond acceptors (Lipinski definition) is 1. The average molecular weight is 693 g/mol. The van der Waals surface area contributed by atoms with Crippen LogP contribution in [0.3, 0.4) is 0 Å². The van der Waals surface area contributed by atoms with Gasteiger partial charge in [-0.3, -0.25) is 0 Å². The molecule has 0 spiro atoms. The highest BCUT2D eigenvalue weighted by molar-refractivity contribution is 6.10. The van der Waals surface area contributed by atoms with E-state index >= 15 is 0 Å².